The Morgan fingerprint density at radius 1 is 1.59 bits per heavy atom. The summed E-state index contributed by atoms with van der Waals surface area (Å²) in [6.45, 7) is 1.07. The molecule has 8 heteroatoms. The highest BCUT2D eigenvalue weighted by molar-refractivity contribution is 9.10. The molecule has 2 heterocycles. The van der Waals surface area contributed by atoms with Gasteiger partial charge in [-0.1, -0.05) is 0 Å². The number of hydrogen-bond donors (Lipinski definition) is 1. The van der Waals surface area contributed by atoms with Crippen molar-refractivity contribution in [3.8, 4) is 0 Å². The lowest BCUT2D eigenvalue weighted by atomic mass is 10.3. The molecule has 1 N–H and O–H groups in total. The normalized spacial score (nSPS) is 15.6. The Labute approximate surface area is 105 Å². The summed E-state index contributed by atoms with van der Waals surface area (Å²) in [6.07, 6.45) is 1.48. The Morgan fingerprint density at radius 3 is 3.00 bits per heavy atom. The molecule has 90 valence electrons. The summed E-state index contributed by atoms with van der Waals surface area (Å²) in [4.78, 5) is 27.3. The lowest BCUT2D eigenvalue weighted by Gasteiger charge is -2.27. The number of pyridine rings is 1. The van der Waals surface area contributed by atoms with Gasteiger partial charge in [0.2, 0.25) is 11.7 Å². The number of piperazine rings is 1. The Hall–Kier alpha value is -1.70. The summed E-state index contributed by atoms with van der Waals surface area (Å²) < 4.78 is 0.536. The first-order chi connectivity index (χ1) is 8.08. The molecule has 0 atom stereocenters. The third-order valence-corrected chi connectivity index (χ3v) is 2.78. The van der Waals surface area contributed by atoms with Gasteiger partial charge in [-0.25, -0.2) is 4.98 Å². The fourth-order valence-corrected chi connectivity index (χ4v) is 1.94. The smallest absolute Gasteiger partial charge is 0.312 e. The lowest BCUT2D eigenvalue weighted by Crippen LogP contribution is -2.48. The van der Waals surface area contributed by atoms with Crippen molar-refractivity contribution in [1.82, 2.24) is 10.3 Å². The fourth-order valence-electron chi connectivity index (χ4n) is 1.62. The van der Waals surface area contributed by atoms with E-state index >= 15 is 0 Å². The Kier molecular flexibility index (Phi) is 3.23. The molecule has 1 amide bonds. The van der Waals surface area contributed by atoms with Gasteiger partial charge in [-0.2, -0.15) is 0 Å². The van der Waals surface area contributed by atoms with Crippen LogP contribution in [0.1, 0.15) is 0 Å². The van der Waals surface area contributed by atoms with E-state index < -0.39 is 4.92 Å². The topological polar surface area (TPSA) is 88.4 Å². The number of amides is 1. The van der Waals surface area contributed by atoms with Gasteiger partial charge in [-0.15, -0.1) is 0 Å². The highest BCUT2D eigenvalue weighted by Crippen LogP contribution is 2.28. The van der Waals surface area contributed by atoms with Crippen molar-refractivity contribution in [2.24, 2.45) is 0 Å². The summed E-state index contributed by atoms with van der Waals surface area (Å²) >= 11 is 3.14. The number of rotatable bonds is 2. The molecule has 1 saturated heterocycles. The zero-order valence-electron chi connectivity index (χ0n) is 8.72. The fraction of sp³-hybridized carbons (Fsp3) is 0.333. The lowest BCUT2D eigenvalue weighted by molar-refractivity contribution is -0.384. The number of halogens is 1. The average molecular weight is 301 g/mol. The van der Waals surface area contributed by atoms with E-state index in [4.69, 9.17) is 0 Å². The summed E-state index contributed by atoms with van der Waals surface area (Å²) in [5.41, 5.74) is -0.103. The highest BCUT2D eigenvalue weighted by Gasteiger charge is 2.25. The molecule has 0 unspecified atom stereocenters. The summed E-state index contributed by atoms with van der Waals surface area (Å²) in [7, 11) is 0. The summed E-state index contributed by atoms with van der Waals surface area (Å²) in [6, 6.07) is 1.38. The first-order valence-corrected chi connectivity index (χ1v) is 5.69. The van der Waals surface area contributed by atoms with Crippen molar-refractivity contribution in [2.75, 3.05) is 24.5 Å². The number of carbonyl (C=O) groups is 1. The minimum atomic E-state index is -0.500. The van der Waals surface area contributed by atoms with Crippen LogP contribution in [0.2, 0.25) is 0 Å². The zero-order chi connectivity index (χ0) is 12.4. The van der Waals surface area contributed by atoms with Crippen LogP contribution in [0.3, 0.4) is 0 Å². The molecule has 0 saturated carbocycles. The third kappa shape index (κ3) is 2.52. The maximum atomic E-state index is 11.2. The van der Waals surface area contributed by atoms with E-state index in [1.54, 1.807) is 4.90 Å². The van der Waals surface area contributed by atoms with E-state index in [0.717, 1.165) is 0 Å². The Bertz CT molecular complexity index is 479. The standard InChI is InChI=1S/C9H9BrN4O3/c10-6-3-7(14(16)17)9(12-4-6)13-2-1-11-8(15)5-13/h3-4H,1-2,5H2,(H,11,15). The monoisotopic (exact) mass is 300 g/mol. The molecule has 1 aliphatic heterocycles. The van der Waals surface area contributed by atoms with Crippen molar-refractivity contribution >= 4 is 33.3 Å². The van der Waals surface area contributed by atoms with Crippen LogP contribution >= 0.6 is 15.9 Å². The van der Waals surface area contributed by atoms with Gasteiger partial charge >= 0.3 is 5.69 Å². The van der Waals surface area contributed by atoms with Crippen molar-refractivity contribution < 1.29 is 9.72 Å². The minimum Gasteiger partial charge on any atom is -0.353 e. The molecule has 1 aliphatic rings. The second-order valence-corrected chi connectivity index (χ2v) is 4.44. The predicted molar refractivity (Wildman–Crippen MR) is 63.8 cm³/mol. The molecule has 7 nitrogen and oxygen atoms in total. The van der Waals surface area contributed by atoms with E-state index in [2.05, 4.69) is 26.2 Å². The van der Waals surface area contributed by atoms with Gasteiger partial charge in [0.15, 0.2) is 0 Å². The van der Waals surface area contributed by atoms with Crippen LogP contribution in [-0.2, 0) is 4.79 Å². The minimum absolute atomic E-state index is 0.0927. The molecule has 2 rings (SSSR count). The van der Waals surface area contributed by atoms with Gasteiger partial charge < -0.3 is 10.2 Å². The molecule has 0 spiro atoms. The second kappa shape index (κ2) is 4.66. The highest BCUT2D eigenvalue weighted by atomic mass is 79.9. The van der Waals surface area contributed by atoms with Gasteiger partial charge in [0.25, 0.3) is 0 Å². The quantitative estimate of drug-likeness (QED) is 0.641. The predicted octanol–water partition coefficient (Wildman–Crippen LogP) is 0.688. The van der Waals surface area contributed by atoms with Crippen LogP contribution in [0.5, 0.6) is 0 Å². The zero-order valence-corrected chi connectivity index (χ0v) is 10.3. The van der Waals surface area contributed by atoms with Crippen LogP contribution in [0.25, 0.3) is 0 Å². The van der Waals surface area contributed by atoms with Crippen LogP contribution in [-0.4, -0.2) is 35.4 Å². The van der Waals surface area contributed by atoms with Gasteiger partial charge in [0, 0.05) is 29.8 Å². The van der Waals surface area contributed by atoms with Crippen LogP contribution < -0.4 is 10.2 Å². The van der Waals surface area contributed by atoms with Gasteiger partial charge in [-0.05, 0) is 15.9 Å². The number of nitrogens with zero attached hydrogens (tertiary/aromatic N) is 3. The van der Waals surface area contributed by atoms with Crippen molar-refractivity contribution in [3.63, 3.8) is 0 Å². The van der Waals surface area contributed by atoms with Crippen molar-refractivity contribution in [2.45, 2.75) is 0 Å². The average Bonchev–Trinajstić information content (AvgIpc) is 2.28. The molecule has 1 fully saturated rings. The summed E-state index contributed by atoms with van der Waals surface area (Å²) in [5, 5.41) is 13.6. The maximum absolute atomic E-state index is 11.2. The first-order valence-electron chi connectivity index (χ1n) is 4.89. The number of aromatic nitrogens is 1. The molecule has 17 heavy (non-hydrogen) atoms. The molecular formula is C9H9BrN4O3. The summed E-state index contributed by atoms with van der Waals surface area (Å²) in [5.74, 6) is 0.0725. The molecule has 1 aromatic rings. The maximum Gasteiger partial charge on any atom is 0.312 e. The Morgan fingerprint density at radius 2 is 2.35 bits per heavy atom. The van der Waals surface area contributed by atoms with E-state index in [9.17, 15) is 14.9 Å². The molecule has 0 bridgehead atoms. The van der Waals surface area contributed by atoms with Crippen LogP contribution in [0.15, 0.2) is 16.7 Å². The molecule has 1 aromatic heterocycles. The molecular weight excluding hydrogens is 292 g/mol. The largest absolute Gasteiger partial charge is 0.353 e. The van der Waals surface area contributed by atoms with Gasteiger partial charge in [0.05, 0.1) is 11.5 Å². The van der Waals surface area contributed by atoms with E-state index in [0.29, 0.717) is 17.6 Å². The van der Waals surface area contributed by atoms with Gasteiger partial charge in [-0.3, -0.25) is 14.9 Å². The number of nitro groups is 1. The van der Waals surface area contributed by atoms with Crippen molar-refractivity contribution in [3.05, 3.63) is 26.9 Å². The first kappa shape index (κ1) is 11.8. The second-order valence-electron chi connectivity index (χ2n) is 3.52. The number of anilines is 1. The number of nitrogens with one attached hydrogen (secondary N) is 1. The third-order valence-electron chi connectivity index (χ3n) is 2.35. The molecule has 0 aromatic carbocycles. The molecule has 0 radical (unpaired) electrons. The SMILES string of the molecule is O=C1CN(c2ncc(Br)cc2[N+](=O)[O-])CCN1. The van der Waals surface area contributed by atoms with Crippen molar-refractivity contribution in [1.29, 1.82) is 0 Å². The van der Waals surface area contributed by atoms with E-state index in [1.807, 2.05) is 0 Å². The van der Waals surface area contributed by atoms with Crippen LogP contribution in [0, 0.1) is 10.1 Å². The van der Waals surface area contributed by atoms with Crippen LogP contribution in [0.4, 0.5) is 11.5 Å². The van der Waals surface area contributed by atoms with E-state index in [1.165, 1.54) is 12.3 Å². The van der Waals surface area contributed by atoms with Gasteiger partial charge in [0.1, 0.15) is 0 Å². The van der Waals surface area contributed by atoms with E-state index in [-0.39, 0.29) is 24.0 Å². The number of hydrogen-bond acceptors (Lipinski definition) is 5. The Balaban J connectivity index is 2.37. The number of carbonyl (C=O) groups excluding carboxylic acids is 1. The molecule has 0 aliphatic carbocycles.